The van der Waals surface area contributed by atoms with E-state index < -0.39 is 4.92 Å². The maximum absolute atomic E-state index is 11.0. The van der Waals surface area contributed by atoms with Crippen molar-refractivity contribution < 1.29 is 4.92 Å². The molecule has 7 nitrogen and oxygen atoms in total. The van der Waals surface area contributed by atoms with Crippen molar-refractivity contribution in [3.63, 3.8) is 0 Å². The van der Waals surface area contributed by atoms with Gasteiger partial charge < -0.3 is 10.6 Å². The first-order valence-corrected chi connectivity index (χ1v) is 6.19. The smallest absolute Gasteiger partial charge is 0.329 e. The van der Waals surface area contributed by atoms with Crippen LogP contribution in [0, 0.1) is 17.0 Å². The molecule has 0 aliphatic carbocycles. The molecule has 0 amide bonds. The van der Waals surface area contributed by atoms with Crippen LogP contribution in [0.2, 0.25) is 0 Å². The van der Waals surface area contributed by atoms with Crippen molar-refractivity contribution in [1.29, 1.82) is 0 Å². The van der Waals surface area contributed by atoms with E-state index in [1.165, 1.54) is 6.20 Å². The Labute approximate surface area is 116 Å². The molecular formula is C13H15N5O2. The van der Waals surface area contributed by atoms with E-state index in [0.29, 0.717) is 12.5 Å². The number of nitrogens with one attached hydrogen (secondary N) is 2. The number of hydrogen-bond donors (Lipinski definition) is 2. The fourth-order valence-corrected chi connectivity index (χ4v) is 1.70. The molecule has 2 rings (SSSR count). The summed E-state index contributed by atoms with van der Waals surface area (Å²) < 4.78 is 0. The predicted molar refractivity (Wildman–Crippen MR) is 77.3 cm³/mol. The molecule has 1 aromatic carbocycles. The standard InChI is InChI=1S/C13H15N5O2/c1-3-14-13-15-8-11(18(19)20)12(17-13)16-10-6-4-5-9(2)7-10/h4-8H,3H2,1-2H3,(H2,14,15,16,17). The average Bonchev–Trinajstić information content (AvgIpc) is 2.39. The fraction of sp³-hybridized carbons (Fsp3) is 0.231. The molecule has 0 bridgehead atoms. The first-order chi connectivity index (χ1) is 9.60. The molecule has 2 N–H and O–H groups in total. The van der Waals surface area contributed by atoms with Crippen LogP contribution in [0.3, 0.4) is 0 Å². The van der Waals surface area contributed by atoms with E-state index in [2.05, 4.69) is 20.6 Å². The summed E-state index contributed by atoms with van der Waals surface area (Å²) in [5, 5.41) is 16.9. The lowest BCUT2D eigenvalue weighted by molar-refractivity contribution is -0.384. The highest BCUT2D eigenvalue weighted by atomic mass is 16.6. The van der Waals surface area contributed by atoms with Crippen molar-refractivity contribution in [3.8, 4) is 0 Å². The lowest BCUT2D eigenvalue weighted by Gasteiger charge is -2.08. The lowest BCUT2D eigenvalue weighted by atomic mass is 10.2. The molecule has 0 aliphatic heterocycles. The van der Waals surface area contributed by atoms with Crippen molar-refractivity contribution in [3.05, 3.63) is 46.1 Å². The van der Waals surface area contributed by atoms with Gasteiger partial charge in [-0.1, -0.05) is 12.1 Å². The Balaban J connectivity index is 2.36. The second kappa shape index (κ2) is 5.96. The molecule has 104 valence electrons. The van der Waals surface area contributed by atoms with Crippen molar-refractivity contribution in [2.24, 2.45) is 0 Å². The molecule has 0 saturated carbocycles. The summed E-state index contributed by atoms with van der Waals surface area (Å²) in [6.07, 6.45) is 1.20. The first kappa shape index (κ1) is 13.7. The third kappa shape index (κ3) is 3.19. The van der Waals surface area contributed by atoms with Crippen LogP contribution in [0.4, 0.5) is 23.1 Å². The van der Waals surface area contributed by atoms with E-state index in [0.717, 1.165) is 11.3 Å². The Hall–Kier alpha value is -2.70. The molecule has 20 heavy (non-hydrogen) atoms. The molecule has 0 aliphatic rings. The van der Waals surface area contributed by atoms with Crippen LogP contribution in [0.5, 0.6) is 0 Å². The number of aromatic nitrogens is 2. The number of hydrogen-bond acceptors (Lipinski definition) is 6. The highest BCUT2D eigenvalue weighted by Crippen LogP contribution is 2.25. The number of benzene rings is 1. The van der Waals surface area contributed by atoms with Gasteiger partial charge in [0.1, 0.15) is 6.20 Å². The summed E-state index contributed by atoms with van der Waals surface area (Å²) in [5.41, 5.74) is 1.64. The van der Waals surface area contributed by atoms with Crippen LogP contribution in [-0.2, 0) is 0 Å². The summed E-state index contributed by atoms with van der Waals surface area (Å²) in [6.45, 7) is 4.49. The molecule has 1 aromatic heterocycles. The van der Waals surface area contributed by atoms with Gasteiger partial charge in [-0.3, -0.25) is 10.1 Å². The maximum atomic E-state index is 11.0. The summed E-state index contributed by atoms with van der Waals surface area (Å²) >= 11 is 0. The third-order valence-electron chi connectivity index (χ3n) is 2.58. The average molecular weight is 273 g/mol. The molecule has 0 spiro atoms. The highest BCUT2D eigenvalue weighted by molar-refractivity contribution is 5.66. The monoisotopic (exact) mass is 273 g/mol. The Bertz CT molecular complexity index is 630. The number of aryl methyl sites for hydroxylation is 1. The number of anilines is 3. The summed E-state index contributed by atoms with van der Waals surface area (Å²) in [4.78, 5) is 18.5. The zero-order chi connectivity index (χ0) is 14.5. The van der Waals surface area contributed by atoms with Crippen molar-refractivity contribution in [1.82, 2.24) is 9.97 Å². The quantitative estimate of drug-likeness (QED) is 0.642. The molecule has 1 heterocycles. The highest BCUT2D eigenvalue weighted by Gasteiger charge is 2.17. The molecule has 7 heteroatoms. The summed E-state index contributed by atoms with van der Waals surface area (Å²) in [7, 11) is 0. The van der Waals surface area contributed by atoms with Crippen molar-refractivity contribution >= 4 is 23.1 Å². The maximum Gasteiger partial charge on any atom is 0.329 e. The minimum absolute atomic E-state index is 0.159. The van der Waals surface area contributed by atoms with Gasteiger partial charge >= 0.3 is 5.69 Å². The van der Waals surface area contributed by atoms with Crippen molar-refractivity contribution in [2.75, 3.05) is 17.2 Å². The van der Waals surface area contributed by atoms with Crippen molar-refractivity contribution in [2.45, 2.75) is 13.8 Å². The Morgan fingerprint density at radius 3 is 2.85 bits per heavy atom. The summed E-state index contributed by atoms with van der Waals surface area (Å²) in [6, 6.07) is 7.53. The molecule has 0 saturated heterocycles. The van der Waals surface area contributed by atoms with Crippen LogP contribution in [0.15, 0.2) is 30.5 Å². The first-order valence-electron chi connectivity index (χ1n) is 6.19. The zero-order valence-electron chi connectivity index (χ0n) is 11.3. The fourth-order valence-electron chi connectivity index (χ4n) is 1.70. The minimum atomic E-state index is -0.506. The predicted octanol–water partition coefficient (Wildman–Crippen LogP) is 2.87. The Kier molecular flexibility index (Phi) is 4.09. The van der Waals surface area contributed by atoms with Gasteiger partial charge in [0.2, 0.25) is 11.8 Å². The van der Waals surface area contributed by atoms with Gasteiger partial charge in [-0.25, -0.2) is 4.98 Å². The van der Waals surface area contributed by atoms with Gasteiger partial charge in [-0.15, -0.1) is 0 Å². The molecule has 0 radical (unpaired) electrons. The molecular weight excluding hydrogens is 258 g/mol. The topological polar surface area (TPSA) is 93.0 Å². The van der Waals surface area contributed by atoms with E-state index in [1.54, 1.807) is 0 Å². The van der Waals surface area contributed by atoms with Crippen LogP contribution in [-0.4, -0.2) is 21.4 Å². The second-order valence-corrected chi connectivity index (χ2v) is 4.21. The lowest BCUT2D eigenvalue weighted by Crippen LogP contribution is -2.06. The normalized spacial score (nSPS) is 10.1. The third-order valence-corrected chi connectivity index (χ3v) is 2.58. The minimum Gasteiger partial charge on any atom is -0.354 e. The summed E-state index contributed by atoms with van der Waals surface area (Å²) in [5.74, 6) is 0.528. The van der Waals surface area contributed by atoms with E-state index >= 15 is 0 Å². The van der Waals surface area contributed by atoms with Crippen LogP contribution in [0.1, 0.15) is 12.5 Å². The Morgan fingerprint density at radius 2 is 2.20 bits per heavy atom. The molecule has 2 aromatic rings. The molecule has 0 atom stereocenters. The van der Waals surface area contributed by atoms with E-state index in [9.17, 15) is 10.1 Å². The van der Waals surface area contributed by atoms with Crippen LogP contribution < -0.4 is 10.6 Å². The number of rotatable bonds is 5. The molecule has 0 unspecified atom stereocenters. The van der Waals surface area contributed by atoms with E-state index in [-0.39, 0.29) is 11.5 Å². The van der Waals surface area contributed by atoms with E-state index in [4.69, 9.17) is 0 Å². The van der Waals surface area contributed by atoms with Gasteiger partial charge in [0.05, 0.1) is 4.92 Å². The SMILES string of the molecule is CCNc1ncc([N+](=O)[O-])c(Nc2cccc(C)c2)n1. The number of nitrogens with zero attached hydrogens (tertiary/aromatic N) is 3. The largest absolute Gasteiger partial charge is 0.354 e. The van der Waals surface area contributed by atoms with Crippen LogP contribution in [0.25, 0.3) is 0 Å². The second-order valence-electron chi connectivity index (χ2n) is 4.21. The van der Waals surface area contributed by atoms with Gasteiger partial charge in [-0.05, 0) is 31.5 Å². The van der Waals surface area contributed by atoms with Gasteiger partial charge in [0, 0.05) is 12.2 Å². The van der Waals surface area contributed by atoms with Gasteiger partial charge in [-0.2, -0.15) is 4.98 Å². The Morgan fingerprint density at radius 1 is 1.40 bits per heavy atom. The number of nitro groups is 1. The van der Waals surface area contributed by atoms with Crippen LogP contribution >= 0.6 is 0 Å². The van der Waals surface area contributed by atoms with Gasteiger partial charge in [0.25, 0.3) is 0 Å². The van der Waals surface area contributed by atoms with E-state index in [1.807, 2.05) is 38.1 Å². The zero-order valence-corrected chi connectivity index (χ0v) is 11.3. The van der Waals surface area contributed by atoms with Gasteiger partial charge in [0.15, 0.2) is 0 Å². The molecule has 0 fully saturated rings.